The zero-order valence-electron chi connectivity index (χ0n) is 15.6. The van der Waals surface area contributed by atoms with Gasteiger partial charge in [-0.15, -0.1) is 0 Å². The molecule has 1 aliphatic rings. The Morgan fingerprint density at radius 2 is 1.62 bits per heavy atom. The summed E-state index contributed by atoms with van der Waals surface area (Å²) in [6.45, 7) is 0.140. The van der Waals surface area contributed by atoms with Crippen LogP contribution in [-0.4, -0.2) is 35.9 Å². The highest BCUT2D eigenvalue weighted by molar-refractivity contribution is 5.89. The zero-order chi connectivity index (χ0) is 20.4. The quantitative estimate of drug-likeness (QED) is 0.679. The Morgan fingerprint density at radius 1 is 1.00 bits per heavy atom. The Labute approximate surface area is 166 Å². The highest BCUT2D eigenvalue weighted by atomic mass is 16.5. The molecule has 146 valence electrons. The molecule has 7 heteroatoms. The lowest BCUT2D eigenvalue weighted by atomic mass is 9.98. The average molecular weight is 390 g/mol. The number of carboxylic acid groups (broad SMARTS) is 1. The van der Waals surface area contributed by atoms with Gasteiger partial charge in [0.25, 0.3) is 0 Å². The van der Waals surface area contributed by atoms with Crippen molar-refractivity contribution in [3.05, 3.63) is 77.5 Å². The second-order valence-corrected chi connectivity index (χ2v) is 6.50. The van der Waals surface area contributed by atoms with Crippen LogP contribution in [0.5, 0.6) is 5.75 Å². The number of hydrogen-bond acceptors (Lipinski definition) is 5. The number of methoxy groups -OCH3 is 1. The van der Waals surface area contributed by atoms with E-state index in [-0.39, 0.29) is 29.8 Å². The van der Waals surface area contributed by atoms with Crippen molar-refractivity contribution in [2.24, 2.45) is 0 Å². The summed E-state index contributed by atoms with van der Waals surface area (Å²) in [4.78, 5) is 27.4. The topological polar surface area (TPSA) is 97.8 Å². The molecular weight excluding hydrogens is 372 g/mol. The van der Waals surface area contributed by atoms with Gasteiger partial charge in [0, 0.05) is 5.92 Å². The van der Waals surface area contributed by atoms with Gasteiger partial charge in [-0.2, -0.15) is 0 Å². The molecule has 1 amide bonds. The summed E-state index contributed by atoms with van der Waals surface area (Å²) in [5, 5.41) is 11.6. The standard InChI is InChI=1S/C22H18N2O5/c1-28-19-11-10-18(21(25)26)23-20(19)24-22(27)29-12-17-15-8-4-2-6-13(15)14-7-3-5-9-16(14)17/h2-11,17H,12H2,1H3,(H,25,26)(H,23,24,27). The number of pyridine rings is 1. The molecule has 2 N–H and O–H groups in total. The SMILES string of the molecule is COc1ccc(C(=O)O)nc1NC(=O)OCC1c2ccccc2-c2ccccc21. The minimum absolute atomic E-state index is 0.00961. The number of hydrogen-bond donors (Lipinski definition) is 2. The molecular formula is C22H18N2O5. The van der Waals surface area contributed by atoms with Gasteiger partial charge < -0.3 is 14.6 Å². The lowest BCUT2D eigenvalue weighted by molar-refractivity contribution is 0.0690. The van der Waals surface area contributed by atoms with E-state index in [0.29, 0.717) is 0 Å². The Hall–Kier alpha value is -3.87. The first-order chi connectivity index (χ1) is 14.1. The highest BCUT2D eigenvalue weighted by Crippen LogP contribution is 2.44. The number of carbonyl (C=O) groups excluding carboxylic acids is 1. The Morgan fingerprint density at radius 3 is 2.21 bits per heavy atom. The third-order valence-electron chi connectivity index (χ3n) is 4.86. The molecule has 1 aliphatic carbocycles. The number of rotatable bonds is 5. The number of aromatic carboxylic acids is 1. The molecule has 0 spiro atoms. The molecule has 0 atom stereocenters. The van der Waals surface area contributed by atoms with Crippen LogP contribution in [0.15, 0.2) is 60.7 Å². The number of carboxylic acids is 1. The van der Waals surface area contributed by atoms with Crippen LogP contribution in [0.1, 0.15) is 27.5 Å². The molecule has 0 radical (unpaired) electrons. The molecule has 0 saturated carbocycles. The van der Waals surface area contributed by atoms with Crippen LogP contribution >= 0.6 is 0 Å². The van der Waals surface area contributed by atoms with Gasteiger partial charge in [0.2, 0.25) is 0 Å². The van der Waals surface area contributed by atoms with E-state index in [4.69, 9.17) is 14.6 Å². The molecule has 0 bridgehead atoms. The number of fused-ring (bicyclic) bond motifs is 3. The molecule has 0 saturated heterocycles. The number of amides is 1. The molecule has 7 nitrogen and oxygen atoms in total. The molecule has 4 rings (SSSR count). The number of nitrogens with zero attached hydrogens (tertiary/aromatic N) is 1. The fourth-order valence-electron chi connectivity index (χ4n) is 3.55. The van der Waals surface area contributed by atoms with Gasteiger partial charge in [-0.3, -0.25) is 5.32 Å². The number of benzene rings is 2. The van der Waals surface area contributed by atoms with Crippen LogP contribution in [0.3, 0.4) is 0 Å². The van der Waals surface area contributed by atoms with E-state index >= 15 is 0 Å². The number of aromatic nitrogens is 1. The maximum atomic E-state index is 12.4. The third kappa shape index (κ3) is 3.50. The molecule has 1 aromatic heterocycles. The van der Waals surface area contributed by atoms with E-state index in [9.17, 15) is 9.59 Å². The van der Waals surface area contributed by atoms with Gasteiger partial charge in [0.1, 0.15) is 6.61 Å². The monoisotopic (exact) mass is 390 g/mol. The first-order valence-corrected chi connectivity index (χ1v) is 8.99. The smallest absolute Gasteiger partial charge is 0.412 e. The van der Waals surface area contributed by atoms with Gasteiger partial charge in [-0.25, -0.2) is 14.6 Å². The average Bonchev–Trinajstić information content (AvgIpc) is 3.06. The van der Waals surface area contributed by atoms with Crippen molar-refractivity contribution in [3.8, 4) is 16.9 Å². The maximum absolute atomic E-state index is 12.4. The Kier molecular flexibility index (Phi) is 4.87. The van der Waals surface area contributed by atoms with E-state index in [1.807, 2.05) is 36.4 Å². The summed E-state index contributed by atoms with van der Waals surface area (Å²) in [7, 11) is 1.40. The number of carbonyl (C=O) groups is 2. The molecule has 3 aromatic rings. The van der Waals surface area contributed by atoms with E-state index in [0.717, 1.165) is 22.3 Å². The molecule has 1 heterocycles. The van der Waals surface area contributed by atoms with Crippen molar-refractivity contribution in [1.29, 1.82) is 0 Å². The van der Waals surface area contributed by atoms with Gasteiger partial charge in [-0.05, 0) is 34.4 Å². The van der Waals surface area contributed by atoms with Crippen LogP contribution < -0.4 is 10.1 Å². The van der Waals surface area contributed by atoms with Gasteiger partial charge in [0.05, 0.1) is 7.11 Å². The van der Waals surface area contributed by atoms with Crippen molar-refractivity contribution >= 4 is 17.9 Å². The summed E-state index contributed by atoms with van der Waals surface area (Å²) >= 11 is 0. The van der Waals surface area contributed by atoms with Crippen molar-refractivity contribution in [1.82, 2.24) is 4.98 Å². The predicted octanol–water partition coefficient (Wildman–Crippen LogP) is 4.15. The first kappa shape index (κ1) is 18.5. The van der Waals surface area contributed by atoms with Crippen LogP contribution in [-0.2, 0) is 4.74 Å². The minimum Gasteiger partial charge on any atom is -0.493 e. The third-order valence-corrected chi connectivity index (χ3v) is 4.86. The maximum Gasteiger partial charge on any atom is 0.412 e. The number of ether oxygens (including phenoxy) is 2. The lowest BCUT2D eigenvalue weighted by Crippen LogP contribution is -2.19. The summed E-state index contributed by atoms with van der Waals surface area (Å²) < 4.78 is 10.6. The van der Waals surface area contributed by atoms with E-state index in [1.165, 1.54) is 19.2 Å². The second kappa shape index (κ2) is 7.63. The van der Waals surface area contributed by atoms with Crippen molar-refractivity contribution < 1.29 is 24.2 Å². The van der Waals surface area contributed by atoms with Crippen molar-refractivity contribution in [2.75, 3.05) is 19.0 Å². The van der Waals surface area contributed by atoms with Crippen molar-refractivity contribution in [2.45, 2.75) is 5.92 Å². The fourth-order valence-corrected chi connectivity index (χ4v) is 3.55. The summed E-state index contributed by atoms with van der Waals surface area (Å²) in [6.07, 6.45) is -0.736. The Balaban J connectivity index is 1.51. The van der Waals surface area contributed by atoms with E-state index in [2.05, 4.69) is 22.4 Å². The van der Waals surface area contributed by atoms with Gasteiger partial charge in [0.15, 0.2) is 17.3 Å². The Bertz CT molecular complexity index is 1050. The van der Waals surface area contributed by atoms with Gasteiger partial charge in [-0.1, -0.05) is 48.5 Å². The molecule has 0 unspecified atom stereocenters. The molecule has 29 heavy (non-hydrogen) atoms. The summed E-state index contributed by atoms with van der Waals surface area (Å²) in [6, 6.07) is 18.8. The van der Waals surface area contributed by atoms with Crippen LogP contribution in [0.2, 0.25) is 0 Å². The van der Waals surface area contributed by atoms with E-state index < -0.39 is 12.1 Å². The first-order valence-electron chi connectivity index (χ1n) is 8.99. The van der Waals surface area contributed by atoms with Crippen LogP contribution in [0.4, 0.5) is 10.6 Å². The second-order valence-electron chi connectivity index (χ2n) is 6.50. The minimum atomic E-state index is -1.21. The highest BCUT2D eigenvalue weighted by Gasteiger charge is 2.29. The molecule has 2 aromatic carbocycles. The number of anilines is 1. The van der Waals surface area contributed by atoms with Gasteiger partial charge >= 0.3 is 12.1 Å². The molecule has 0 fully saturated rings. The van der Waals surface area contributed by atoms with Crippen LogP contribution in [0, 0.1) is 0 Å². The summed E-state index contributed by atoms with van der Waals surface area (Å²) in [5.74, 6) is -1.05. The lowest BCUT2D eigenvalue weighted by Gasteiger charge is -2.15. The largest absolute Gasteiger partial charge is 0.493 e. The zero-order valence-corrected chi connectivity index (χ0v) is 15.6. The fraction of sp³-hybridized carbons (Fsp3) is 0.136. The normalized spacial score (nSPS) is 12.0. The molecule has 0 aliphatic heterocycles. The summed E-state index contributed by atoms with van der Waals surface area (Å²) in [5.41, 5.74) is 4.26. The van der Waals surface area contributed by atoms with Crippen molar-refractivity contribution in [3.63, 3.8) is 0 Å². The van der Waals surface area contributed by atoms with E-state index in [1.54, 1.807) is 0 Å². The number of nitrogens with one attached hydrogen (secondary N) is 1. The predicted molar refractivity (Wildman–Crippen MR) is 106 cm³/mol. The van der Waals surface area contributed by atoms with Crippen LogP contribution in [0.25, 0.3) is 11.1 Å².